The molecule has 5 rings (SSSR count). The van der Waals surface area contributed by atoms with E-state index >= 15 is 0 Å². The first-order valence-corrected chi connectivity index (χ1v) is 23.2. The van der Waals surface area contributed by atoms with E-state index in [0.717, 1.165) is 7.35 Å². The van der Waals surface area contributed by atoms with Gasteiger partial charge >= 0.3 is 166 Å². The van der Waals surface area contributed by atoms with Crippen LogP contribution in [0.5, 0.6) is 0 Å². The van der Waals surface area contributed by atoms with Crippen molar-refractivity contribution < 1.29 is 20.6 Å². The van der Waals surface area contributed by atoms with E-state index in [2.05, 4.69) is 91.9 Å². The summed E-state index contributed by atoms with van der Waals surface area (Å²) in [6, 6.07) is 29.1. The first-order chi connectivity index (χ1) is 12.9. The molecule has 0 radical (unpaired) electrons. The molecule has 0 amide bonds. The molecule has 0 saturated heterocycles. The summed E-state index contributed by atoms with van der Waals surface area (Å²) in [6.45, 7) is 2.46. The second kappa shape index (κ2) is 6.90. The molecule has 127 valence electrons. The molecule has 1 unspecified atom stereocenters. The van der Waals surface area contributed by atoms with Crippen LogP contribution in [-0.2, 0) is 20.6 Å². The summed E-state index contributed by atoms with van der Waals surface area (Å²) in [5.74, 6) is 0. The van der Waals surface area contributed by atoms with Crippen molar-refractivity contribution in [3.63, 3.8) is 0 Å². The van der Waals surface area contributed by atoms with Crippen LogP contribution in [0.25, 0.3) is 17.2 Å². The molecular formula is C24H23HfSi. The second-order valence-corrected chi connectivity index (χ2v) is 29.4. The molecular weight excluding hydrogens is 495 g/mol. The van der Waals surface area contributed by atoms with E-state index in [1.807, 2.05) is 0 Å². The molecule has 0 saturated carbocycles. The Balaban J connectivity index is 1.66. The molecule has 3 aromatic carbocycles. The first-order valence-electron chi connectivity index (χ1n) is 9.69. The molecule has 3 aromatic rings. The van der Waals surface area contributed by atoms with E-state index in [1.54, 1.807) is 16.7 Å². The van der Waals surface area contributed by atoms with Crippen molar-refractivity contribution in [3.8, 4) is 11.1 Å². The fourth-order valence-corrected chi connectivity index (χ4v) is 34.9. The van der Waals surface area contributed by atoms with Gasteiger partial charge in [-0.1, -0.05) is 0 Å². The molecule has 26 heavy (non-hydrogen) atoms. The fraction of sp³-hybridized carbons (Fsp3) is 0.167. The predicted octanol–water partition coefficient (Wildman–Crippen LogP) is 5.66. The maximum atomic E-state index is 2.58. The van der Waals surface area contributed by atoms with Gasteiger partial charge in [0.05, 0.1) is 0 Å². The van der Waals surface area contributed by atoms with Gasteiger partial charge in [-0.25, -0.2) is 0 Å². The number of hydrogen-bond acceptors (Lipinski definition) is 0. The standard InChI is InChI=1S/C13H9.C9H7.C2H7Si.Hf/c1-3-7-12-10(5-1)9-11-6-2-4-8-13(11)12;1-2-5-9-7-3-6-8(9)4-1;1-2-3;/h1-9H;1-7H;2-3H2,1H3;. The summed E-state index contributed by atoms with van der Waals surface area (Å²) in [5, 5.41) is 0. The van der Waals surface area contributed by atoms with Crippen molar-refractivity contribution in [2.45, 2.75) is 20.3 Å². The Morgan fingerprint density at radius 3 is 2.00 bits per heavy atom. The minimum absolute atomic E-state index is 0.0201. The number of allylic oxidation sites excluding steroid dienone is 1. The topological polar surface area (TPSA) is 0 Å². The molecule has 0 aromatic heterocycles. The Hall–Kier alpha value is -1.51. The Morgan fingerprint density at radius 2 is 1.35 bits per heavy atom. The van der Waals surface area contributed by atoms with Gasteiger partial charge in [0.1, 0.15) is 0 Å². The van der Waals surface area contributed by atoms with Crippen LogP contribution in [0, 0.1) is 0 Å². The van der Waals surface area contributed by atoms with Gasteiger partial charge in [0.25, 0.3) is 0 Å². The SMILES string of the molecule is CC[SiH2][Hf]([CH]1C=Cc2ccccc21)[CH]1c2ccccc2-c2ccccc21. The van der Waals surface area contributed by atoms with E-state index in [-0.39, 0.29) is 6.71 Å². The van der Waals surface area contributed by atoms with Gasteiger partial charge < -0.3 is 0 Å². The summed E-state index contributed by atoms with van der Waals surface area (Å²) >= 11 is -1.92. The molecule has 0 nitrogen and oxygen atoms in total. The summed E-state index contributed by atoms with van der Waals surface area (Å²) < 4.78 is 1.55. The normalized spacial score (nSPS) is 17.5. The van der Waals surface area contributed by atoms with Gasteiger partial charge in [-0.3, -0.25) is 0 Å². The van der Waals surface area contributed by atoms with Crippen LogP contribution in [0.3, 0.4) is 0 Å². The Morgan fingerprint density at radius 1 is 0.769 bits per heavy atom. The van der Waals surface area contributed by atoms with Crippen molar-refractivity contribution in [2.24, 2.45) is 0 Å². The van der Waals surface area contributed by atoms with Crippen molar-refractivity contribution in [1.29, 1.82) is 0 Å². The summed E-state index contributed by atoms with van der Waals surface area (Å²) in [7, 11) is 0. The van der Waals surface area contributed by atoms with Crippen LogP contribution in [0.2, 0.25) is 6.04 Å². The summed E-state index contributed by atoms with van der Waals surface area (Å²) in [4.78, 5) is 0. The quantitative estimate of drug-likeness (QED) is 0.391. The second-order valence-electron chi connectivity index (χ2n) is 7.40. The molecule has 0 bridgehead atoms. The van der Waals surface area contributed by atoms with Gasteiger partial charge in [-0.15, -0.1) is 0 Å². The summed E-state index contributed by atoms with van der Waals surface area (Å²) in [5.41, 5.74) is 9.43. The zero-order valence-corrected chi connectivity index (χ0v) is 20.2. The van der Waals surface area contributed by atoms with Gasteiger partial charge in [0.15, 0.2) is 0 Å². The van der Waals surface area contributed by atoms with E-state index in [1.165, 1.54) is 22.7 Å². The molecule has 2 heteroatoms. The minimum atomic E-state index is -1.92. The third-order valence-corrected chi connectivity index (χ3v) is 35.2. The monoisotopic (exact) mass is 519 g/mol. The molecule has 1 atom stereocenters. The van der Waals surface area contributed by atoms with Crippen molar-refractivity contribution >= 4 is 12.8 Å². The van der Waals surface area contributed by atoms with Gasteiger partial charge in [0.2, 0.25) is 0 Å². The van der Waals surface area contributed by atoms with Crippen LogP contribution in [0.1, 0.15) is 36.5 Å². The number of fused-ring (bicyclic) bond motifs is 4. The average Bonchev–Trinajstić information content (AvgIpc) is 3.26. The van der Waals surface area contributed by atoms with Gasteiger partial charge in [-0.2, -0.15) is 0 Å². The van der Waals surface area contributed by atoms with Gasteiger partial charge in [0, 0.05) is 0 Å². The zero-order chi connectivity index (χ0) is 17.5. The maximum absolute atomic E-state index is 2.58. The zero-order valence-electron chi connectivity index (χ0n) is 15.2. The fourth-order valence-electron chi connectivity index (χ4n) is 4.90. The predicted molar refractivity (Wildman–Crippen MR) is 111 cm³/mol. The number of hydrogen-bond donors (Lipinski definition) is 0. The van der Waals surface area contributed by atoms with Crippen molar-refractivity contribution in [3.05, 3.63) is 101 Å². The van der Waals surface area contributed by atoms with Crippen LogP contribution in [0.15, 0.2) is 78.9 Å². The Labute approximate surface area is 165 Å². The van der Waals surface area contributed by atoms with E-state index < -0.39 is 20.6 Å². The molecule has 0 heterocycles. The van der Waals surface area contributed by atoms with E-state index in [4.69, 9.17) is 0 Å². The van der Waals surface area contributed by atoms with Crippen LogP contribution >= 0.6 is 0 Å². The van der Waals surface area contributed by atoms with Crippen molar-refractivity contribution in [1.82, 2.24) is 0 Å². The van der Waals surface area contributed by atoms with Crippen LogP contribution < -0.4 is 0 Å². The molecule has 0 N–H and O–H groups in total. The van der Waals surface area contributed by atoms with Crippen LogP contribution in [0.4, 0.5) is 0 Å². The number of rotatable bonds is 4. The Kier molecular flexibility index (Phi) is 4.42. The Bertz CT molecular complexity index is 945. The average molecular weight is 518 g/mol. The van der Waals surface area contributed by atoms with E-state index in [0.29, 0.717) is 0 Å². The van der Waals surface area contributed by atoms with Crippen LogP contribution in [-0.4, -0.2) is 6.71 Å². The molecule has 0 spiro atoms. The van der Waals surface area contributed by atoms with Gasteiger partial charge in [-0.05, 0) is 0 Å². The molecule has 2 aliphatic rings. The van der Waals surface area contributed by atoms with Crippen molar-refractivity contribution in [2.75, 3.05) is 0 Å². The molecule has 0 fully saturated rings. The molecule has 0 aliphatic heterocycles. The number of benzene rings is 3. The first kappa shape index (κ1) is 16.6. The third kappa shape index (κ3) is 2.58. The van der Waals surface area contributed by atoms with E-state index in [9.17, 15) is 0 Å². The third-order valence-electron chi connectivity index (χ3n) is 5.94. The molecule has 2 aliphatic carbocycles. The summed E-state index contributed by atoms with van der Waals surface area (Å²) in [6.07, 6.45) is 4.99.